The molecule has 0 unspecified atom stereocenters. The van der Waals surface area contributed by atoms with Crippen molar-refractivity contribution in [2.75, 3.05) is 0 Å². The lowest BCUT2D eigenvalue weighted by atomic mass is 10.2. The minimum Gasteiger partial charge on any atom is -0.478 e. The molecule has 0 spiro atoms. The van der Waals surface area contributed by atoms with Gasteiger partial charge in [0.15, 0.2) is 0 Å². The van der Waals surface area contributed by atoms with Crippen LogP contribution < -0.4 is 5.56 Å². The van der Waals surface area contributed by atoms with Crippen LogP contribution in [0.5, 0.6) is 0 Å². The maximum Gasteiger partial charge on any atom is 0.337 e. The van der Waals surface area contributed by atoms with Crippen molar-refractivity contribution in [1.82, 2.24) is 13.3 Å². The summed E-state index contributed by atoms with van der Waals surface area (Å²) in [6.45, 7) is 0. The fraction of sp³-hybridized carbons (Fsp3) is 0. The first kappa shape index (κ1) is 12.8. The van der Waals surface area contributed by atoms with E-state index < -0.39 is 11.5 Å². The number of aromatic nitrogens is 3. The summed E-state index contributed by atoms with van der Waals surface area (Å²) in [5.74, 6) is -1.13. The predicted molar refractivity (Wildman–Crippen MR) is 75.0 cm³/mol. The third-order valence-corrected chi connectivity index (χ3v) is 3.60. The summed E-state index contributed by atoms with van der Waals surface area (Å²) in [7, 11) is 0. The van der Waals surface area contributed by atoms with Gasteiger partial charge < -0.3 is 5.11 Å². The van der Waals surface area contributed by atoms with E-state index in [4.69, 9.17) is 16.7 Å². The van der Waals surface area contributed by atoms with Gasteiger partial charge >= 0.3 is 5.97 Å². The Kier molecular flexibility index (Phi) is 3.00. The number of carbonyl (C=O) groups is 1. The number of halogens is 1. The number of benzene rings is 1. The molecular formula is C12H6ClN3O3S. The Morgan fingerprint density at radius 3 is 2.80 bits per heavy atom. The van der Waals surface area contributed by atoms with Crippen LogP contribution in [-0.4, -0.2) is 24.4 Å². The molecule has 3 aromatic rings. The first-order valence-electron chi connectivity index (χ1n) is 5.45. The van der Waals surface area contributed by atoms with E-state index in [1.165, 1.54) is 22.9 Å². The van der Waals surface area contributed by atoms with Gasteiger partial charge in [-0.25, -0.2) is 4.79 Å². The molecule has 0 atom stereocenters. The van der Waals surface area contributed by atoms with Gasteiger partial charge in [-0.05, 0) is 18.2 Å². The van der Waals surface area contributed by atoms with E-state index in [1.54, 1.807) is 12.1 Å². The van der Waals surface area contributed by atoms with Gasteiger partial charge in [-0.1, -0.05) is 11.6 Å². The molecule has 0 fully saturated rings. The standard InChI is InChI=1S/C12H6ClN3O3S/c13-7-2-3-8-10(15-20-14-8)11(7)16-5-6(12(18)19)1-4-9(16)17/h1-5H,(H,18,19). The molecule has 8 heteroatoms. The second kappa shape index (κ2) is 4.69. The maximum atomic E-state index is 12.0. The molecular weight excluding hydrogens is 302 g/mol. The number of hydrogen-bond donors (Lipinski definition) is 1. The molecule has 2 aromatic heterocycles. The van der Waals surface area contributed by atoms with E-state index in [-0.39, 0.29) is 5.56 Å². The van der Waals surface area contributed by atoms with Crippen LogP contribution in [-0.2, 0) is 0 Å². The lowest BCUT2D eigenvalue weighted by Gasteiger charge is -2.08. The van der Waals surface area contributed by atoms with E-state index in [0.29, 0.717) is 21.7 Å². The summed E-state index contributed by atoms with van der Waals surface area (Å²) in [5.41, 5.74) is 0.999. The molecule has 20 heavy (non-hydrogen) atoms. The lowest BCUT2D eigenvalue weighted by molar-refractivity contribution is 0.0696. The van der Waals surface area contributed by atoms with Crippen molar-refractivity contribution < 1.29 is 9.90 Å². The van der Waals surface area contributed by atoms with Crippen LogP contribution in [0, 0.1) is 0 Å². The van der Waals surface area contributed by atoms with Gasteiger partial charge in [0.25, 0.3) is 5.56 Å². The Hall–Kier alpha value is -2.25. The molecule has 1 N–H and O–H groups in total. The molecule has 0 saturated carbocycles. The van der Waals surface area contributed by atoms with Gasteiger partial charge in [-0.3, -0.25) is 9.36 Å². The average Bonchev–Trinajstić information content (AvgIpc) is 2.88. The van der Waals surface area contributed by atoms with Crippen LogP contribution in [0.4, 0.5) is 0 Å². The molecule has 0 aliphatic rings. The van der Waals surface area contributed by atoms with Crippen LogP contribution >= 0.6 is 23.3 Å². The quantitative estimate of drug-likeness (QED) is 0.784. The third kappa shape index (κ3) is 1.97. The van der Waals surface area contributed by atoms with Crippen LogP contribution in [0.25, 0.3) is 16.7 Å². The molecule has 3 rings (SSSR count). The summed E-state index contributed by atoms with van der Waals surface area (Å²) in [6, 6.07) is 5.71. The van der Waals surface area contributed by atoms with E-state index in [0.717, 1.165) is 11.7 Å². The van der Waals surface area contributed by atoms with Crippen molar-refractivity contribution in [3.8, 4) is 5.69 Å². The van der Waals surface area contributed by atoms with Gasteiger partial charge in [0.2, 0.25) is 0 Å². The van der Waals surface area contributed by atoms with Crippen molar-refractivity contribution >= 4 is 40.3 Å². The predicted octanol–water partition coefficient (Wildman–Crippen LogP) is 2.19. The number of carboxylic acids is 1. The Bertz CT molecular complexity index is 887. The summed E-state index contributed by atoms with van der Waals surface area (Å²) in [5, 5.41) is 9.32. The number of aromatic carboxylic acids is 1. The fourth-order valence-corrected chi connectivity index (χ4v) is 2.61. The lowest BCUT2D eigenvalue weighted by Crippen LogP contribution is -2.19. The normalized spacial score (nSPS) is 10.8. The average molecular weight is 308 g/mol. The molecule has 0 saturated heterocycles. The Morgan fingerprint density at radius 1 is 1.25 bits per heavy atom. The summed E-state index contributed by atoms with van der Waals surface area (Å²) >= 11 is 7.12. The van der Waals surface area contributed by atoms with E-state index >= 15 is 0 Å². The minimum atomic E-state index is -1.13. The zero-order valence-electron chi connectivity index (χ0n) is 9.78. The van der Waals surface area contributed by atoms with Crippen LogP contribution in [0.2, 0.25) is 5.02 Å². The topological polar surface area (TPSA) is 85.1 Å². The highest BCUT2D eigenvalue weighted by Gasteiger charge is 2.14. The van der Waals surface area contributed by atoms with Crippen LogP contribution in [0.1, 0.15) is 10.4 Å². The molecule has 0 aliphatic heterocycles. The van der Waals surface area contributed by atoms with Crippen molar-refractivity contribution in [2.24, 2.45) is 0 Å². The van der Waals surface area contributed by atoms with Crippen LogP contribution in [0.3, 0.4) is 0 Å². The number of rotatable bonds is 2. The minimum absolute atomic E-state index is 0.0131. The molecule has 0 bridgehead atoms. The van der Waals surface area contributed by atoms with Gasteiger partial charge in [0.1, 0.15) is 11.0 Å². The summed E-state index contributed by atoms with van der Waals surface area (Å²) < 4.78 is 9.36. The Balaban J connectivity index is 2.38. The number of hydrogen-bond acceptors (Lipinski definition) is 5. The van der Waals surface area contributed by atoms with E-state index in [2.05, 4.69) is 8.75 Å². The van der Waals surface area contributed by atoms with E-state index in [9.17, 15) is 9.59 Å². The zero-order valence-corrected chi connectivity index (χ0v) is 11.4. The first-order chi connectivity index (χ1) is 9.58. The second-order valence-corrected chi connectivity index (χ2v) is 4.89. The van der Waals surface area contributed by atoms with Gasteiger partial charge in [0, 0.05) is 12.3 Å². The van der Waals surface area contributed by atoms with Gasteiger partial charge in [0.05, 0.1) is 28.0 Å². The highest BCUT2D eigenvalue weighted by molar-refractivity contribution is 7.00. The summed E-state index contributed by atoms with van der Waals surface area (Å²) in [4.78, 5) is 23.0. The monoisotopic (exact) mass is 307 g/mol. The molecule has 0 aliphatic carbocycles. The molecule has 2 heterocycles. The largest absolute Gasteiger partial charge is 0.478 e. The number of carboxylic acid groups (broad SMARTS) is 1. The van der Waals surface area contributed by atoms with Crippen molar-refractivity contribution in [3.63, 3.8) is 0 Å². The third-order valence-electron chi connectivity index (χ3n) is 2.75. The van der Waals surface area contributed by atoms with Crippen molar-refractivity contribution in [2.45, 2.75) is 0 Å². The highest BCUT2D eigenvalue weighted by Crippen LogP contribution is 2.27. The molecule has 1 aromatic carbocycles. The smallest absolute Gasteiger partial charge is 0.337 e. The fourth-order valence-electron chi connectivity index (χ4n) is 1.83. The number of fused-ring (bicyclic) bond motifs is 1. The number of nitrogens with zero attached hydrogens (tertiary/aromatic N) is 3. The Labute approximate surface area is 121 Å². The molecule has 6 nitrogen and oxygen atoms in total. The molecule has 0 amide bonds. The van der Waals surface area contributed by atoms with Crippen molar-refractivity contribution in [1.29, 1.82) is 0 Å². The Morgan fingerprint density at radius 2 is 2.05 bits per heavy atom. The molecule has 100 valence electrons. The molecule has 0 radical (unpaired) electrons. The van der Waals surface area contributed by atoms with Gasteiger partial charge in [-0.15, -0.1) is 0 Å². The zero-order chi connectivity index (χ0) is 14.3. The van der Waals surface area contributed by atoms with E-state index in [1.807, 2.05) is 0 Å². The van der Waals surface area contributed by atoms with Gasteiger partial charge in [-0.2, -0.15) is 8.75 Å². The second-order valence-electron chi connectivity index (χ2n) is 3.96. The highest BCUT2D eigenvalue weighted by atomic mass is 35.5. The number of pyridine rings is 1. The maximum absolute atomic E-state index is 12.0. The first-order valence-corrected chi connectivity index (χ1v) is 6.56. The SMILES string of the molecule is O=C(O)c1ccc(=O)n(-c2c(Cl)ccc3nsnc23)c1. The summed E-state index contributed by atoms with van der Waals surface area (Å²) in [6.07, 6.45) is 1.23. The van der Waals surface area contributed by atoms with Crippen molar-refractivity contribution in [3.05, 3.63) is 51.4 Å². The van der Waals surface area contributed by atoms with Crippen LogP contribution in [0.15, 0.2) is 35.3 Å².